The summed E-state index contributed by atoms with van der Waals surface area (Å²) < 4.78 is 4.22. The number of rotatable bonds is 2. The highest BCUT2D eigenvalue weighted by molar-refractivity contribution is 6.63. The van der Waals surface area contributed by atoms with Gasteiger partial charge >= 0.3 is 8.80 Å². The second-order valence-electron chi connectivity index (χ2n) is 1.07. The van der Waals surface area contributed by atoms with Gasteiger partial charge in [0.15, 0.2) is 0 Å². The highest BCUT2D eigenvalue weighted by Crippen LogP contribution is 1.90. The van der Waals surface area contributed by atoms with E-state index in [0.717, 1.165) is 5.70 Å². The van der Waals surface area contributed by atoms with Gasteiger partial charge in [-0.1, -0.05) is 21.4 Å². The first-order valence-electron chi connectivity index (χ1n) is 1.76. The van der Waals surface area contributed by atoms with Crippen LogP contribution in [0.5, 0.6) is 0 Å². The second kappa shape index (κ2) is 5.96. The van der Waals surface area contributed by atoms with E-state index in [1.54, 1.807) is 0 Å². The van der Waals surface area contributed by atoms with E-state index >= 15 is 0 Å². The minimum absolute atomic E-state index is 0. The van der Waals surface area contributed by atoms with Crippen molar-refractivity contribution in [2.75, 3.05) is 7.11 Å². The highest BCUT2D eigenvalue weighted by atomic mass is 28.4. The van der Waals surface area contributed by atoms with Crippen molar-refractivity contribution >= 4 is 8.80 Å². The normalized spacial score (nSPS) is 8.78. The average molecular weight is 152 g/mol. The molecule has 58 valence electrons. The van der Waals surface area contributed by atoms with Crippen molar-refractivity contribution in [2.24, 2.45) is 0 Å². The molecule has 0 aliphatic carbocycles. The lowest BCUT2D eigenvalue weighted by Gasteiger charge is -2.06. The van der Waals surface area contributed by atoms with E-state index in [1.165, 1.54) is 7.11 Å². The lowest BCUT2D eigenvalue weighted by Crippen LogP contribution is -2.34. The molecule has 0 bridgehead atoms. The molecule has 0 radical (unpaired) electrons. The van der Waals surface area contributed by atoms with Gasteiger partial charge in [0.05, 0.1) is 0 Å². The predicted molar refractivity (Wildman–Crippen MR) is 40.9 cm³/mol. The molecule has 2 N–H and O–H groups in total. The molecular formula is C5H16O3Si. The molecule has 0 aromatic rings. The van der Waals surface area contributed by atoms with Crippen molar-refractivity contribution < 1.29 is 14.0 Å². The van der Waals surface area contributed by atoms with E-state index in [4.69, 9.17) is 9.59 Å². The first-order valence-corrected chi connectivity index (χ1v) is 3.64. The molecule has 9 heavy (non-hydrogen) atoms. The van der Waals surface area contributed by atoms with Gasteiger partial charge in [0.1, 0.15) is 0 Å². The van der Waals surface area contributed by atoms with Gasteiger partial charge in [-0.25, -0.2) is 0 Å². The molecule has 0 atom stereocenters. The van der Waals surface area contributed by atoms with Crippen LogP contribution in [0.4, 0.5) is 0 Å². The first-order chi connectivity index (χ1) is 3.12. The van der Waals surface area contributed by atoms with Crippen LogP contribution in [0.3, 0.4) is 0 Å². The van der Waals surface area contributed by atoms with E-state index in [9.17, 15) is 0 Å². The van der Waals surface area contributed by atoms with Crippen LogP contribution in [-0.2, 0) is 4.43 Å². The first kappa shape index (κ1) is 15.9. The molecule has 0 aliphatic heterocycles. The fourth-order valence-corrected chi connectivity index (χ4v) is 0.250. The summed E-state index contributed by atoms with van der Waals surface area (Å²) in [5.41, 5.74) is 1.02. The molecule has 0 aromatic heterocycles. The fraction of sp³-hybridized carbons (Fsp3) is 0.600. The Balaban J connectivity index is -0.000000180. The van der Waals surface area contributed by atoms with Gasteiger partial charge in [-0.3, -0.25) is 0 Å². The Labute approximate surface area is 58.0 Å². The largest absolute Gasteiger partial charge is 0.523 e. The summed E-state index contributed by atoms with van der Waals surface area (Å²) in [6, 6.07) is 0. The van der Waals surface area contributed by atoms with Crippen molar-refractivity contribution in [3.63, 3.8) is 0 Å². The molecule has 0 amide bonds. The zero-order valence-electron chi connectivity index (χ0n) is 4.09. The van der Waals surface area contributed by atoms with Gasteiger partial charge in [0, 0.05) is 7.11 Å². The van der Waals surface area contributed by atoms with Crippen LogP contribution in [0.15, 0.2) is 12.3 Å². The third-order valence-corrected chi connectivity index (χ3v) is 1.70. The smallest absolute Gasteiger partial charge is 0.387 e. The van der Waals surface area contributed by atoms with Crippen LogP contribution < -0.4 is 0 Å². The van der Waals surface area contributed by atoms with Gasteiger partial charge in [-0.05, 0) is 5.70 Å². The summed E-state index contributed by atoms with van der Waals surface area (Å²) in [6.45, 7) is 3.14. The van der Waals surface area contributed by atoms with E-state index in [2.05, 4.69) is 11.0 Å². The fourth-order valence-electron chi connectivity index (χ4n) is 0.0833. The predicted octanol–water partition coefficient (Wildman–Crippen LogP) is 0.554. The van der Waals surface area contributed by atoms with Crippen LogP contribution in [0.1, 0.15) is 14.9 Å². The van der Waals surface area contributed by atoms with Gasteiger partial charge in [0.25, 0.3) is 0 Å². The average Bonchev–Trinajstić information content (AvgIpc) is 1.68. The molecule has 0 rings (SSSR count). The van der Waals surface area contributed by atoms with Crippen molar-refractivity contribution in [3.05, 3.63) is 12.3 Å². The Kier molecular flexibility index (Phi) is 10.6. The monoisotopic (exact) mass is 152 g/mol. The Hall–Kier alpha value is -0.163. The molecule has 0 unspecified atom stereocenters. The highest BCUT2D eigenvalue weighted by Gasteiger charge is 2.24. The van der Waals surface area contributed by atoms with E-state index < -0.39 is 8.80 Å². The second-order valence-corrected chi connectivity index (χ2v) is 3.20. The molecule has 0 fully saturated rings. The van der Waals surface area contributed by atoms with Crippen LogP contribution in [0.25, 0.3) is 0 Å². The lowest BCUT2D eigenvalue weighted by atomic mass is 11.3. The zero-order valence-corrected chi connectivity index (χ0v) is 5.09. The Bertz CT molecular complexity index is 72.6. The van der Waals surface area contributed by atoms with Gasteiger partial charge in [0.2, 0.25) is 0 Å². The van der Waals surface area contributed by atoms with Crippen molar-refractivity contribution in [1.29, 1.82) is 0 Å². The molecule has 3 nitrogen and oxygen atoms in total. The minimum Gasteiger partial charge on any atom is -0.387 e. The summed E-state index contributed by atoms with van der Waals surface area (Å²) in [5, 5.41) is 0. The topological polar surface area (TPSA) is 49.7 Å². The molecule has 0 heterocycles. The summed E-state index contributed by atoms with van der Waals surface area (Å²) in [4.78, 5) is 17.0. The molecule has 4 heteroatoms. The van der Waals surface area contributed by atoms with Crippen LogP contribution in [0, 0.1) is 0 Å². The molecule has 0 saturated carbocycles. The Morgan fingerprint density at radius 3 is 1.78 bits per heavy atom. The maximum atomic E-state index is 8.49. The maximum absolute atomic E-state index is 8.49. The van der Waals surface area contributed by atoms with Gasteiger partial charge < -0.3 is 14.0 Å². The number of hydrogen-bond donors (Lipinski definition) is 2. The van der Waals surface area contributed by atoms with Gasteiger partial charge in [-0.15, -0.1) is 0 Å². The third kappa shape index (κ3) is 7.84. The van der Waals surface area contributed by atoms with E-state index in [-0.39, 0.29) is 14.9 Å². The standard InChI is InChI=1S/C3H8O3Si.2CH4/c1-3-7(4,5)6-2;;/h3-5H,1H2,2H3;2*1H4. The summed E-state index contributed by atoms with van der Waals surface area (Å²) in [7, 11) is -2.16. The van der Waals surface area contributed by atoms with Gasteiger partial charge in [-0.2, -0.15) is 0 Å². The SMILES string of the molecule is C.C.C=C[Si](O)(O)OC. The molecular weight excluding hydrogens is 136 g/mol. The zero-order chi connectivity index (χ0) is 5.91. The van der Waals surface area contributed by atoms with Crippen molar-refractivity contribution in [3.8, 4) is 0 Å². The number of hydrogen-bond acceptors (Lipinski definition) is 3. The van der Waals surface area contributed by atoms with Crippen molar-refractivity contribution in [2.45, 2.75) is 14.9 Å². The summed E-state index contributed by atoms with van der Waals surface area (Å²) >= 11 is 0. The molecule has 0 aromatic carbocycles. The lowest BCUT2D eigenvalue weighted by molar-refractivity contribution is 0.202. The van der Waals surface area contributed by atoms with Crippen molar-refractivity contribution in [1.82, 2.24) is 0 Å². The molecule has 0 saturated heterocycles. The minimum atomic E-state index is -3.39. The van der Waals surface area contributed by atoms with Crippen LogP contribution in [-0.4, -0.2) is 25.5 Å². The summed E-state index contributed by atoms with van der Waals surface area (Å²) in [6.07, 6.45) is 0. The quantitative estimate of drug-likeness (QED) is 0.568. The third-order valence-electron chi connectivity index (χ3n) is 0.566. The van der Waals surface area contributed by atoms with Crippen LogP contribution in [0.2, 0.25) is 0 Å². The molecule has 0 spiro atoms. The Morgan fingerprint density at radius 2 is 1.78 bits per heavy atom. The van der Waals surface area contributed by atoms with E-state index in [1.807, 2.05) is 0 Å². The van der Waals surface area contributed by atoms with Crippen LogP contribution >= 0.6 is 0 Å². The summed E-state index contributed by atoms with van der Waals surface area (Å²) in [5.74, 6) is 0. The maximum Gasteiger partial charge on any atom is 0.523 e. The Morgan fingerprint density at radius 1 is 1.44 bits per heavy atom. The van der Waals surface area contributed by atoms with E-state index in [0.29, 0.717) is 0 Å². The molecule has 0 aliphatic rings.